The number of esters is 2. The summed E-state index contributed by atoms with van der Waals surface area (Å²) in [5.41, 5.74) is 1.00. The number of benzene rings is 1. The molecule has 0 radical (unpaired) electrons. The van der Waals surface area contributed by atoms with Gasteiger partial charge < -0.3 is 9.47 Å². The lowest BCUT2D eigenvalue weighted by atomic mass is 10.1. The summed E-state index contributed by atoms with van der Waals surface area (Å²) in [7, 11) is 0. The number of nitrogens with zero attached hydrogens (tertiary/aromatic N) is 2. The zero-order valence-corrected chi connectivity index (χ0v) is 20.8. The minimum absolute atomic E-state index is 0.0221. The predicted molar refractivity (Wildman–Crippen MR) is 137 cm³/mol. The molecule has 0 N–H and O–H groups in total. The van der Waals surface area contributed by atoms with E-state index in [0.717, 1.165) is 19.3 Å². The third kappa shape index (κ3) is 11.1. The largest absolute Gasteiger partial charge is 0.462 e. The summed E-state index contributed by atoms with van der Waals surface area (Å²) < 4.78 is 10.2. The van der Waals surface area contributed by atoms with Crippen molar-refractivity contribution >= 4 is 23.3 Å². The minimum atomic E-state index is -0.402. The first-order valence-electron chi connectivity index (χ1n) is 12.6. The number of ether oxygens (including phenoxy) is 2. The highest BCUT2D eigenvalue weighted by molar-refractivity contribution is 5.89. The topological polar surface area (TPSA) is 94.4 Å². The Morgan fingerprint density at radius 1 is 0.714 bits per heavy atom. The molecule has 2 aromatic rings. The number of rotatable bonds is 15. The van der Waals surface area contributed by atoms with E-state index in [-0.39, 0.29) is 5.75 Å². The molecular formula is C28H36N2O5. The van der Waals surface area contributed by atoms with Crippen molar-refractivity contribution in [3.8, 4) is 5.75 Å². The third-order valence-corrected chi connectivity index (χ3v) is 5.42. The summed E-state index contributed by atoms with van der Waals surface area (Å²) in [5, 5.41) is 8.24. The van der Waals surface area contributed by atoms with Crippen molar-refractivity contribution in [1.29, 1.82) is 0 Å². The molecule has 0 fully saturated rings. The van der Waals surface area contributed by atoms with E-state index in [4.69, 9.17) is 9.47 Å². The molecule has 0 heterocycles. The molecule has 0 saturated carbocycles. The van der Waals surface area contributed by atoms with Crippen LogP contribution in [0.4, 0.5) is 11.4 Å². The summed E-state index contributed by atoms with van der Waals surface area (Å²) in [6, 6.07) is 12.3. The fourth-order valence-corrected chi connectivity index (χ4v) is 3.44. The molecule has 0 aliphatic carbocycles. The first-order chi connectivity index (χ1) is 17.0. The van der Waals surface area contributed by atoms with E-state index in [9.17, 15) is 14.4 Å². The molecule has 0 aromatic heterocycles. The van der Waals surface area contributed by atoms with Crippen molar-refractivity contribution in [2.75, 3.05) is 6.61 Å². The van der Waals surface area contributed by atoms with Crippen molar-refractivity contribution in [3.05, 3.63) is 64.3 Å². The van der Waals surface area contributed by atoms with Crippen molar-refractivity contribution < 1.29 is 19.1 Å². The van der Waals surface area contributed by atoms with E-state index in [0.29, 0.717) is 30.0 Å². The van der Waals surface area contributed by atoms with Crippen molar-refractivity contribution in [2.24, 2.45) is 10.2 Å². The van der Waals surface area contributed by atoms with Gasteiger partial charge >= 0.3 is 11.9 Å². The van der Waals surface area contributed by atoms with E-state index >= 15 is 0 Å². The first-order valence-corrected chi connectivity index (χ1v) is 12.6. The summed E-state index contributed by atoms with van der Waals surface area (Å²) >= 11 is 0. The Morgan fingerprint density at radius 2 is 1.26 bits per heavy atom. The van der Waals surface area contributed by atoms with Gasteiger partial charge in [0.05, 0.1) is 23.5 Å². The van der Waals surface area contributed by atoms with Gasteiger partial charge in [-0.25, -0.2) is 4.79 Å². The second-order valence-corrected chi connectivity index (χ2v) is 8.34. The molecule has 2 rings (SSSR count). The Morgan fingerprint density at radius 3 is 1.86 bits per heavy atom. The zero-order chi connectivity index (χ0) is 25.3. The number of carbonyl (C=O) groups is 2. The Labute approximate surface area is 207 Å². The lowest BCUT2D eigenvalue weighted by molar-refractivity contribution is -0.134. The molecular weight excluding hydrogens is 444 g/mol. The van der Waals surface area contributed by atoms with E-state index in [1.807, 2.05) is 0 Å². The fourth-order valence-electron chi connectivity index (χ4n) is 3.44. The minimum Gasteiger partial charge on any atom is -0.462 e. The molecule has 188 valence electrons. The average molecular weight is 481 g/mol. The summed E-state index contributed by atoms with van der Waals surface area (Å²) in [6.07, 6.45) is 10.8. The molecule has 7 nitrogen and oxygen atoms in total. The third-order valence-electron chi connectivity index (χ3n) is 5.42. The maximum absolute atomic E-state index is 12.3. The van der Waals surface area contributed by atoms with Crippen LogP contribution in [-0.2, 0) is 9.53 Å². The number of unbranched alkanes of at least 4 members (excludes halogenated alkanes) is 8. The van der Waals surface area contributed by atoms with Crippen LogP contribution in [0.25, 0.3) is 0 Å². The Bertz CT molecular complexity index is 1020. The summed E-state index contributed by atoms with van der Waals surface area (Å²) in [6.45, 7) is 4.27. The molecule has 0 aliphatic rings. The van der Waals surface area contributed by atoms with Crippen LogP contribution in [0.2, 0.25) is 0 Å². The normalized spacial score (nSPS) is 10.9. The number of hydrogen-bond acceptors (Lipinski definition) is 7. The van der Waals surface area contributed by atoms with Crippen molar-refractivity contribution in [3.63, 3.8) is 0 Å². The van der Waals surface area contributed by atoms with E-state index < -0.39 is 17.4 Å². The first kappa shape index (κ1) is 27.9. The zero-order valence-electron chi connectivity index (χ0n) is 20.8. The van der Waals surface area contributed by atoms with E-state index in [1.165, 1.54) is 56.7 Å². The summed E-state index contributed by atoms with van der Waals surface area (Å²) in [4.78, 5) is 36.1. The van der Waals surface area contributed by atoms with Gasteiger partial charge in [0.25, 0.3) is 0 Å². The van der Waals surface area contributed by atoms with Gasteiger partial charge in [-0.2, -0.15) is 10.2 Å². The highest BCUT2D eigenvalue weighted by Gasteiger charge is 2.08. The molecule has 35 heavy (non-hydrogen) atoms. The fraction of sp³-hybridized carbons (Fsp3) is 0.464. The lowest BCUT2D eigenvalue weighted by Gasteiger charge is -2.03. The van der Waals surface area contributed by atoms with Gasteiger partial charge in [0.2, 0.25) is 5.43 Å². The summed E-state index contributed by atoms with van der Waals surface area (Å²) in [5.74, 6) is -0.818. The van der Waals surface area contributed by atoms with Crippen LogP contribution in [0.1, 0.15) is 88.4 Å². The second-order valence-electron chi connectivity index (χ2n) is 8.34. The molecule has 0 amide bonds. The molecule has 2 aromatic carbocycles. The van der Waals surface area contributed by atoms with Gasteiger partial charge in [0, 0.05) is 6.42 Å². The maximum atomic E-state index is 12.3. The highest BCUT2D eigenvalue weighted by atomic mass is 16.5. The van der Waals surface area contributed by atoms with E-state index in [2.05, 4.69) is 17.2 Å². The van der Waals surface area contributed by atoms with Gasteiger partial charge in [-0.1, -0.05) is 58.3 Å². The number of azo groups is 1. The van der Waals surface area contributed by atoms with Crippen LogP contribution in [-0.4, -0.2) is 18.5 Å². The smallest absolute Gasteiger partial charge is 0.338 e. The number of hydrogen-bond donors (Lipinski definition) is 0. The van der Waals surface area contributed by atoms with Crippen LogP contribution in [0, 0.1) is 0 Å². The monoisotopic (exact) mass is 480 g/mol. The highest BCUT2D eigenvalue weighted by Crippen LogP contribution is 2.19. The predicted octanol–water partition coefficient (Wildman–Crippen LogP) is 7.47. The Hall–Kier alpha value is -3.35. The molecule has 0 spiro atoms. The van der Waals surface area contributed by atoms with Crippen LogP contribution in [0.5, 0.6) is 5.75 Å². The van der Waals surface area contributed by atoms with Crippen molar-refractivity contribution in [2.45, 2.75) is 78.1 Å². The van der Waals surface area contributed by atoms with Crippen LogP contribution < -0.4 is 10.2 Å². The van der Waals surface area contributed by atoms with Crippen molar-refractivity contribution in [1.82, 2.24) is 0 Å². The van der Waals surface area contributed by atoms with Gasteiger partial charge in [-0.15, -0.1) is 0 Å². The Balaban J connectivity index is 1.81. The lowest BCUT2D eigenvalue weighted by Crippen LogP contribution is -2.12. The molecule has 0 bridgehead atoms. The van der Waals surface area contributed by atoms with Gasteiger partial charge in [0.1, 0.15) is 0 Å². The SMILES string of the molecule is CCCCCCCCCCCC(=O)Oc1ccc(N=Nc2ccc(C(=O)OCC)cc2)ccc1=O. The quantitative estimate of drug-likeness (QED) is 0.150. The second kappa shape index (κ2) is 16.3. The molecule has 0 atom stereocenters. The van der Waals surface area contributed by atoms with Crippen LogP contribution in [0.15, 0.2) is 63.6 Å². The molecule has 0 unspecified atom stereocenters. The Kier molecular flexibility index (Phi) is 13.0. The van der Waals surface area contributed by atoms with Gasteiger partial charge in [-0.05, 0) is 61.9 Å². The van der Waals surface area contributed by atoms with Crippen LogP contribution >= 0.6 is 0 Å². The number of carbonyl (C=O) groups excluding carboxylic acids is 2. The molecule has 0 saturated heterocycles. The van der Waals surface area contributed by atoms with Gasteiger partial charge in [0.15, 0.2) is 5.75 Å². The molecule has 7 heteroatoms. The van der Waals surface area contributed by atoms with Gasteiger partial charge in [-0.3, -0.25) is 9.59 Å². The maximum Gasteiger partial charge on any atom is 0.338 e. The standard InChI is InChI=1S/C28H36N2O5/c1-3-5-6-7-8-9-10-11-12-13-27(32)35-26-21-19-24(18-20-25(26)31)30-29-23-16-14-22(15-17-23)28(33)34-4-2/h14-21H,3-13H2,1-2H3. The average Bonchev–Trinajstić information content (AvgIpc) is 3.03. The van der Waals surface area contributed by atoms with E-state index in [1.54, 1.807) is 37.3 Å². The molecule has 0 aliphatic heterocycles. The van der Waals surface area contributed by atoms with Crippen LogP contribution in [0.3, 0.4) is 0 Å².